The quantitative estimate of drug-likeness (QED) is 0.812. The van der Waals surface area contributed by atoms with Gasteiger partial charge < -0.3 is 9.84 Å². The monoisotopic (exact) mass is 278 g/mol. The highest BCUT2D eigenvalue weighted by molar-refractivity contribution is 5.77. The largest absolute Gasteiger partial charge is 0.459 e. The maximum Gasteiger partial charge on any atom is 0.313 e. The summed E-state index contributed by atoms with van der Waals surface area (Å²) in [5.41, 5.74) is 2.22. The lowest BCUT2D eigenvalue weighted by atomic mass is 9.97. The molecule has 0 bridgehead atoms. The van der Waals surface area contributed by atoms with E-state index in [-0.39, 0.29) is 11.9 Å². The molecule has 20 heavy (non-hydrogen) atoms. The van der Waals surface area contributed by atoms with E-state index in [4.69, 9.17) is 4.74 Å². The standard InChI is InChI=1S/C17H26O3/c1-11(2)10-15-6-8-16(9-7-15)12(3)17(19)20-14(5)13(4)18/h6-9,11-14,18H,10H2,1-5H3/t12-,13?,14?/m0/s1. The number of esters is 1. The highest BCUT2D eigenvalue weighted by Crippen LogP contribution is 2.19. The topological polar surface area (TPSA) is 46.5 Å². The predicted octanol–water partition coefficient (Wildman–Crippen LogP) is 3.30. The second kappa shape index (κ2) is 7.44. The maximum atomic E-state index is 12.0. The summed E-state index contributed by atoms with van der Waals surface area (Å²) >= 11 is 0. The number of aliphatic hydroxyl groups is 1. The Morgan fingerprint density at radius 1 is 1.10 bits per heavy atom. The van der Waals surface area contributed by atoms with E-state index in [0.717, 1.165) is 12.0 Å². The molecular formula is C17H26O3. The summed E-state index contributed by atoms with van der Waals surface area (Å²) in [6.45, 7) is 9.51. The van der Waals surface area contributed by atoms with Crippen LogP contribution in [0.5, 0.6) is 0 Å². The van der Waals surface area contributed by atoms with Crippen LogP contribution < -0.4 is 0 Å². The fraction of sp³-hybridized carbons (Fsp3) is 0.588. The molecule has 0 aliphatic carbocycles. The molecule has 2 unspecified atom stereocenters. The van der Waals surface area contributed by atoms with Crippen molar-refractivity contribution in [3.63, 3.8) is 0 Å². The molecule has 0 fully saturated rings. The molecule has 0 aliphatic heterocycles. The summed E-state index contributed by atoms with van der Waals surface area (Å²) in [7, 11) is 0. The first kappa shape index (κ1) is 16.7. The van der Waals surface area contributed by atoms with Crippen molar-refractivity contribution in [3.05, 3.63) is 35.4 Å². The molecule has 1 aromatic carbocycles. The smallest absolute Gasteiger partial charge is 0.313 e. The van der Waals surface area contributed by atoms with Gasteiger partial charge in [-0.25, -0.2) is 0 Å². The predicted molar refractivity (Wildman–Crippen MR) is 80.6 cm³/mol. The Morgan fingerprint density at radius 2 is 1.65 bits per heavy atom. The molecule has 0 spiro atoms. The lowest BCUT2D eigenvalue weighted by Gasteiger charge is -2.19. The normalized spacial score (nSPS) is 15.8. The molecule has 3 nitrogen and oxygen atoms in total. The minimum atomic E-state index is -0.653. The number of carbonyl (C=O) groups is 1. The van der Waals surface area contributed by atoms with Crippen LogP contribution in [-0.2, 0) is 16.0 Å². The molecule has 0 aliphatic rings. The van der Waals surface area contributed by atoms with Gasteiger partial charge in [-0.15, -0.1) is 0 Å². The summed E-state index contributed by atoms with van der Waals surface area (Å²) in [5, 5.41) is 9.37. The summed E-state index contributed by atoms with van der Waals surface area (Å²) in [6.07, 6.45) is -0.0947. The highest BCUT2D eigenvalue weighted by atomic mass is 16.6. The molecular weight excluding hydrogens is 252 g/mol. The number of benzene rings is 1. The zero-order chi connectivity index (χ0) is 15.3. The van der Waals surface area contributed by atoms with Crippen LogP contribution in [0.4, 0.5) is 0 Å². The van der Waals surface area contributed by atoms with E-state index in [1.54, 1.807) is 13.8 Å². The molecule has 0 aromatic heterocycles. The Labute approximate surface area is 122 Å². The van der Waals surface area contributed by atoms with E-state index in [1.807, 2.05) is 19.1 Å². The molecule has 0 saturated carbocycles. The van der Waals surface area contributed by atoms with Crippen LogP contribution in [0.1, 0.15) is 51.7 Å². The van der Waals surface area contributed by atoms with E-state index in [9.17, 15) is 9.90 Å². The molecule has 0 saturated heterocycles. The van der Waals surface area contributed by atoms with Gasteiger partial charge in [0.2, 0.25) is 0 Å². The van der Waals surface area contributed by atoms with E-state index in [1.165, 1.54) is 5.56 Å². The molecule has 3 atom stereocenters. The third kappa shape index (κ3) is 4.97. The van der Waals surface area contributed by atoms with Gasteiger partial charge in [-0.2, -0.15) is 0 Å². The SMILES string of the molecule is CC(C)Cc1ccc([C@H](C)C(=O)OC(C)C(C)O)cc1. The van der Waals surface area contributed by atoms with Crippen molar-refractivity contribution in [2.45, 2.75) is 59.2 Å². The molecule has 3 heteroatoms. The molecule has 1 aromatic rings. The van der Waals surface area contributed by atoms with E-state index in [2.05, 4.69) is 26.0 Å². The maximum absolute atomic E-state index is 12.0. The molecule has 1 N–H and O–H groups in total. The summed E-state index contributed by atoms with van der Waals surface area (Å²) < 4.78 is 5.23. The van der Waals surface area contributed by atoms with Crippen LogP contribution in [0.2, 0.25) is 0 Å². The van der Waals surface area contributed by atoms with Crippen molar-refractivity contribution >= 4 is 5.97 Å². The average Bonchev–Trinajstić information content (AvgIpc) is 2.37. The Balaban J connectivity index is 2.67. The van der Waals surface area contributed by atoms with Gasteiger partial charge in [0.05, 0.1) is 12.0 Å². The fourth-order valence-electron chi connectivity index (χ4n) is 1.93. The van der Waals surface area contributed by atoms with Gasteiger partial charge in [0.1, 0.15) is 6.10 Å². The molecule has 0 amide bonds. The zero-order valence-corrected chi connectivity index (χ0v) is 13.1. The van der Waals surface area contributed by atoms with Gasteiger partial charge >= 0.3 is 5.97 Å². The zero-order valence-electron chi connectivity index (χ0n) is 13.1. The summed E-state index contributed by atoms with van der Waals surface area (Å²) in [4.78, 5) is 12.0. The first-order chi connectivity index (χ1) is 9.31. The van der Waals surface area contributed by atoms with Crippen molar-refractivity contribution in [2.75, 3.05) is 0 Å². The van der Waals surface area contributed by atoms with E-state index in [0.29, 0.717) is 5.92 Å². The Hall–Kier alpha value is -1.35. The Kier molecular flexibility index (Phi) is 6.21. The number of carbonyl (C=O) groups excluding carboxylic acids is 1. The average molecular weight is 278 g/mol. The highest BCUT2D eigenvalue weighted by Gasteiger charge is 2.21. The van der Waals surface area contributed by atoms with E-state index >= 15 is 0 Å². The van der Waals surface area contributed by atoms with Crippen molar-refractivity contribution in [1.82, 2.24) is 0 Å². The van der Waals surface area contributed by atoms with Crippen LogP contribution in [-0.4, -0.2) is 23.3 Å². The summed E-state index contributed by atoms with van der Waals surface area (Å²) in [6, 6.07) is 8.10. The van der Waals surface area contributed by atoms with Crippen molar-refractivity contribution < 1.29 is 14.6 Å². The minimum Gasteiger partial charge on any atom is -0.459 e. The van der Waals surface area contributed by atoms with Crippen LogP contribution in [0.15, 0.2) is 24.3 Å². The summed E-state index contributed by atoms with van der Waals surface area (Å²) in [5.74, 6) is 0.00874. The lowest BCUT2D eigenvalue weighted by molar-refractivity contribution is -0.154. The first-order valence-electron chi connectivity index (χ1n) is 7.28. The Morgan fingerprint density at radius 3 is 2.10 bits per heavy atom. The van der Waals surface area contributed by atoms with Crippen molar-refractivity contribution in [3.8, 4) is 0 Å². The number of rotatable bonds is 6. The molecule has 112 valence electrons. The van der Waals surface area contributed by atoms with Crippen LogP contribution in [0.25, 0.3) is 0 Å². The fourth-order valence-corrected chi connectivity index (χ4v) is 1.93. The van der Waals surface area contributed by atoms with Gasteiger partial charge in [-0.1, -0.05) is 38.1 Å². The second-order valence-electron chi connectivity index (χ2n) is 5.94. The van der Waals surface area contributed by atoms with E-state index < -0.39 is 12.2 Å². The Bertz CT molecular complexity index is 420. The third-order valence-electron chi connectivity index (χ3n) is 3.46. The van der Waals surface area contributed by atoms with Crippen LogP contribution in [0, 0.1) is 5.92 Å². The van der Waals surface area contributed by atoms with Crippen molar-refractivity contribution in [1.29, 1.82) is 0 Å². The van der Waals surface area contributed by atoms with Gasteiger partial charge in [-0.05, 0) is 44.2 Å². The number of aliphatic hydroxyl groups excluding tert-OH is 1. The van der Waals surface area contributed by atoms with Gasteiger partial charge in [0.25, 0.3) is 0 Å². The molecule has 0 radical (unpaired) electrons. The number of hydrogen-bond acceptors (Lipinski definition) is 3. The molecule has 1 rings (SSSR count). The van der Waals surface area contributed by atoms with Gasteiger partial charge in [0, 0.05) is 0 Å². The number of ether oxygens (including phenoxy) is 1. The van der Waals surface area contributed by atoms with Crippen molar-refractivity contribution in [2.24, 2.45) is 5.92 Å². The number of hydrogen-bond donors (Lipinski definition) is 1. The van der Waals surface area contributed by atoms with Gasteiger partial charge in [0.15, 0.2) is 0 Å². The van der Waals surface area contributed by atoms with Crippen LogP contribution in [0.3, 0.4) is 0 Å². The first-order valence-corrected chi connectivity index (χ1v) is 7.28. The lowest BCUT2D eigenvalue weighted by Crippen LogP contribution is -2.28. The third-order valence-corrected chi connectivity index (χ3v) is 3.46. The second-order valence-corrected chi connectivity index (χ2v) is 5.94. The minimum absolute atomic E-state index is 0.296. The van der Waals surface area contributed by atoms with Gasteiger partial charge in [-0.3, -0.25) is 4.79 Å². The molecule has 0 heterocycles. The van der Waals surface area contributed by atoms with Crippen LogP contribution >= 0.6 is 0 Å².